The summed E-state index contributed by atoms with van der Waals surface area (Å²) in [6, 6.07) is 11.5. The third-order valence-corrected chi connectivity index (χ3v) is 4.34. The predicted octanol–water partition coefficient (Wildman–Crippen LogP) is 5.24. The van der Waals surface area contributed by atoms with Crippen molar-refractivity contribution in [2.75, 3.05) is 0 Å². The Morgan fingerprint density at radius 3 is 2.29 bits per heavy atom. The van der Waals surface area contributed by atoms with E-state index in [2.05, 4.69) is 5.32 Å². The van der Waals surface area contributed by atoms with Crippen LogP contribution in [0.3, 0.4) is 0 Å². The summed E-state index contributed by atoms with van der Waals surface area (Å²) in [4.78, 5) is 12.5. The van der Waals surface area contributed by atoms with Crippen LogP contribution < -0.4 is 5.32 Å². The molecular weight excluding hydrogens is 339 g/mol. The van der Waals surface area contributed by atoms with Crippen LogP contribution in [0.25, 0.3) is 0 Å². The van der Waals surface area contributed by atoms with Gasteiger partial charge in [-0.3, -0.25) is 4.79 Å². The first-order chi connectivity index (χ1) is 11.4. The highest BCUT2D eigenvalue weighted by atomic mass is 35.5. The molecule has 1 saturated carbocycles. The summed E-state index contributed by atoms with van der Waals surface area (Å²) in [6.07, 6.45) is -2.69. The molecule has 0 bridgehead atoms. The normalized spacial score (nSPS) is 15.8. The quantitative estimate of drug-likeness (QED) is 0.800. The van der Waals surface area contributed by atoms with Gasteiger partial charge in [0.1, 0.15) is 0 Å². The molecule has 2 nitrogen and oxygen atoms in total. The second-order valence-electron chi connectivity index (χ2n) is 5.88. The summed E-state index contributed by atoms with van der Waals surface area (Å²) in [5.74, 6) is -0.469. The van der Waals surface area contributed by atoms with Crippen molar-refractivity contribution in [1.82, 2.24) is 5.32 Å². The van der Waals surface area contributed by atoms with Crippen LogP contribution in [0.4, 0.5) is 13.2 Å². The van der Waals surface area contributed by atoms with E-state index in [-0.39, 0.29) is 17.5 Å². The molecule has 1 aliphatic rings. The van der Waals surface area contributed by atoms with E-state index in [1.807, 2.05) is 0 Å². The minimum atomic E-state index is -4.57. The zero-order valence-electron chi connectivity index (χ0n) is 12.6. The van der Waals surface area contributed by atoms with Gasteiger partial charge in [-0.2, -0.15) is 13.2 Å². The molecule has 24 heavy (non-hydrogen) atoms. The van der Waals surface area contributed by atoms with Crippen molar-refractivity contribution >= 4 is 17.5 Å². The summed E-state index contributed by atoms with van der Waals surface area (Å²) in [5, 5.41) is 3.33. The maximum Gasteiger partial charge on any atom is 0.417 e. The number of hydrogen-bond donors (Lipinski definition) is 1. The average molecular weight is 354 g/mol. The van der Waals surface area contributed by atoms with E-state index in [0.717, 1.165) is 24.5 Å². The molecular formula is C18H15ClF3NO. The van der Waals surface area contributed by atoms with Crippen LogP contribution in [-0.4, -0.2) is 5.91 Å². The maximum absolute atomic E-state index is 13.1. The second kappa shape index (κ2) is 6.48. The summed E-state index contributed by atoms with van der Waals surface area (Å²) in [5.41, 5.74) is -0.433. The average Bonchev–Trinajstić information content (AvgIpc) is 3.37. The molecule has 1 unspecified atom stereocenters. The first kappa shape index (κ1) is 16.8. The molecule has 3 rings (SSSR count). The molecule has 0 aliphatic heterocycles. The fourth-order valence-corrected chi connectivity index (χ4v) is 2.85. The summed E-state index contributed by atoms with van der Waals surface area (Å²) < 4.78 is 39.3. The third-order valence-electron chi connectivity index (χ3n) is 4.09. The van der Waals surface area contributed by atoms with Crippen molar-refractivity contribution < 1.29 is 18.0 Å². The van der Waals surface area contributed by atoms with Gasteiger partial charge in [-0.1, -0.05) is 35.9 Å². The van der Waals surface area contributed by atoms with Crippen LogP contribution in [0.1, 0.15) is 40.4 Å². The number of benzene rings is 2. The van der Waals surface area contributed by atoms with Gasteiger partial charge in [0, 0.05) is 5.02 Å². The molecule has 1 atom stereocenters. The smallest absolute Gasteiger partial charge is 0.345 e. The van der Waals surface area contributed by atoms with Crippen molar-refractivity contribution in [3.63, 3.8) is 0 Å². The molecule has 2 aromatic rings. The molecule has 0 spiro atoms. The van der Waals surface area contributed by atoms with Gasteiger partial charge in [0.05, 0.1) is 17.2 Å². The van der Waals surface area contributed by atoms with E-state index in [9.17, 15) is 18.0 Å². The van der Waals surface area contributed by atoms with Crippen LogP contribution in [0.2, 0.25) is 5.02 Å². The Kier molecular flexibility index (Phi) is 4.54. The lowest BCUT2D eigenvalue weighted by Gasteiger charge is -2.20. The van der Waals surface area contributed by atoms with E-state index >= 15 is 0 Å². The third kappa shape index (κ3) is 3.73. The van der Waals surface area contributed by atoms with Gasteiger partial charge in [0.25, 0.3) is 5.91 Å². The minimum absolute atomic E-state index is 0.244. The molecule has 1 fully saturated rings. The highest BCUT2D eigenvalue weighted by Gasteiger charge is 2.37. The monoisotopic (exact) mass is 353 g/mol. The standard InChI is InChI=1S/C18H15ClF3NO/c19-13-9-7-12(8-10-13)16(11-5-6-11)23-17(24)14-3-1-2-4-15(14)18(20,21)22/h1-4,7-11,16H,5-6H2,(H,23,24). The van der Waals surface area contributed by atoms with E-state index in [4.69, 9.17) is 11.6 Å². The maximum atomic E-state index is 13.1. The van der Waals surface area contributed by atoms with Gasteiger partial charge >= 0.3 is 6.18 Å². The number of alkyl halides is 3. The zero-order chi connectivity index (χ0) is 17.3. The van der Waals surface area contributed by atoms with Gasteiger partial charge in [0.15, 0.2) is 0 Å². The largest absolute Gasteiger partial charge is 0.417 e. The number of amides is 1. The number of halogens is 4. The van der Waals surface area contributed by atoms with Gasteiger partial charge in [-0.15, -0.1) is 0 Å². The van der Waals surface area contributed by atoms with Crippen molar-refractivity contribution in [2.45, 2.75) is 25.1 Å². The Bertz CT molecular complexity index is 739. The molecule has 1 amide bonds. The molecule has 0 heterocycles. The van der Waals surface area contributed by atoms with E-state index in [1.165, 1.54) is 18.2 Å². The highest BCUT2D eigenvalue weighted by Crippen LogP contribution is 2.41. The lowest BCUT2D eigenvalue weighted by atomic mass is 10.0. The van der Waals surface area contributed by atoms with Crippen molar-refractivity contribution in [3.8, 4) is 0 Å². The second-order valence-corrected chi connectivity index (χ2v) is 6.32. The van der Waals surface area contributed by atoms with Crippen LogP contribution in [-0.2, 0) is 6.18 Å². The van der Waals surface area contributed by atoms with Crippen molar-refractivity contribution in [2.24, 2.45) is 5.92 Å². The number of hydrogen-bond acceptors (Lipinski definition) is 1. The summed E-state index contributed by atoms with van der Waals surface area (Å²) in [7, 11) is 0. The topological polar surface area (TPSA) is 29.1 Å². The summed E-state index contributed by atoms with van der Waals surface area (Å²) in [6.45, 7) is 0. The van der Waals surface area contributed by atoms with Gasteiger partial charge in [-0.05, 0) is 48.6 Å². The first-order valence-corrected chi connectivity index (χ1v) is 7.96. The molecule has 0 radical (unpaired) electrons. The van der Waals surface area contributed by atoms with E-state index in [1.54, 1.807) is 24.3 Å². The van der Waals surface area contributed by atoms with E-state index < -0.39 is 17.6 Å². The molecule has 126 valence electrons. The molecule has 1 N–H and O–H groups in total. The number of carbonyl (C=O) groups is 1. The Balaban J connectivity index is 1.86. The molecule has 6 heteroatoms. The molecule has 2 aromatic carbocycles. The Hall–Kier alpha value is -2.01. The lowest BCUT2D eigenvalue weighted by molar-refractivity contribution is -0.137. The van der Waals surface area contributed by atoms with Crippen LogP contribution in [0.5, 0.6) is 0 Å². The molecule has 1 aliphatic carbocycles. The fraction of sp³-hybridized carbons (Fsp3) is 0.278. The summed E-state index contributed by atoms with van der Waals surface area (Å²) >= 11 is 5.87. The van der Waals surface area contributed by atoms with Crippen molar-refractivity contribution in [1.29, 1.82) is 0 Å². The van der Waals surface area contributed by atoms with E-state index in [0.29, 0.717) is 5.02 Å². The van der Waals surface area contributed by atoms with Gasteiger partial charge in [-0.25, -0.2) is 0 Å². The first-order valence-electron chi connectivity index (χ1n) is 7.59. The lowest BCUT2D eigenvalue weighted by Crippen LogP contribution is -2.31. The van der Waals surface area contributed by atoms with Gasteiger partial charge < -0.3 is 5.32 Å². The molecule has 0 aromatic heterocycles. The van der Waals surface area contributed by atoms with Crippen LogP contribution in [0.15, 0.2) is 48.5 Å². The number of carbonyl (C=O) groups excluding carboxylic acids is 1. The Labute approximate surface area is 142 Å². The SMILES string of the molecule is O=C(NC(c1ccc(Cl)cc1)C1CC1)c1ccccc1C(F)(F)F. The number of rotatable bonds is 4. The van der Waals surface area contributed by atoms with Gasteiger partial charge in [0.2, 0.25) is 0 Å². The number of nitrogens with one attached hydrogen (secondary N) is 1. The van der Waals surface area contributed by atoms with Crippen LogP contribution in [0, 0.1) is 5.92 Å². The molecule has 0 saturated heterocycles. The highest BCUT2D eigenvalue weighted by molar-refractivity contribution is 6.30. The minimum Gasteiger partial charge on any atom is -0.345 e. The zero-order valence-corrected chi connectivity index (χ0v) is 13.4. The Morgan fingerprint density at radius 2 is 1.71 bits per heavy atom. The Morgan fingerprint density at radius 1 is 1.08 bits per heavy atom. The predicted molar refractivity (Wildman–Crippen MR) is 85.8 cm³/mol. The fourth-order valence-electron chi connectivity index (χ4n) is 2.72. The van der Waals surface area contributed by atoms with Crippen molar-refractivity contribution in [3.05, 3.63) is 70.2 Å². The van der Waals surface area contributed by atoms with Crippen LogP contribution >= 0.6 is 11.6 Å².